The molecule has 0 atom stereocenters. The Morgan fingerprint density at radius 3 is 2.82 bits per heavy atom. The molecule has 3 aromatic rings. The van der Waals surface area contributed by atoms with Crippen LogP contribution in [0.4, 0.5) is 5.82 Å². The van der Waals surface area contributed by atoms with Gasteiger partial charge in [-0.15, -0.1) is 0 Å². The number of ether oxygens (including phenoxy) is 1. The normalized spacial score (nSPS) is 14.1. The van der Waals surface area contributed by atoms with E-state index in [0.717, 1.165) is 30.3 Å². The SMILES string of the molecule is Cc1cc(N2CCOCC2)nc(CNC(=O)c2cccc(-n3cccn3)c2)n1. The Bertz CT molecular complexity index is 951. The fourth-order valence-corrected chi connectivity index (χ4v) is 3.12. The summed E-state index contributed by atoms with van der Waals surface area (Å²) in [6.07, 6.45) is 3.54. The van der Waals surface area contributed by atoms with Gasteiger partial charge >= 0.3 is 0 Å². The molecule has 1 N–H and O–H groups in total. The van der Waals surface area contributed by atoms with E-state index in [0.29, 0.717) is 24.6 Å². The van der Waals surface area contributed by atoms with Crippen LogP contribution < -0.4 is 10.2 Å². The maximum atomic E-state index is 12.6. The molecule has 3 heterocycles. The van der Waals surface area contributed by atoms with Gasteiger partial charge in [0.2, 0.25) is 0 Å². The topological polar surface area (TPSA) is 85.2 Å². The Kier molecular flexibility index (Phi) is 5.29. The van der Waals surface area contributed by atoms with Crippen molar-refractivity contribution in [3.8, 4) is 5.69 Å². The van der Waals surface area contributed by atoms with Crippen molar-refractivity contribution in [2.75, 3.05) is 31.2 Å². The summed E-state index contributed by atoms with van der Waals surface area (Å²) in [6.45, 7) is 5.21. The van der Waals surface area contributed by atoms with E-state index < -0.39 is 0 Å². The largest absolute Gasteiger partial charge is 0.378 e. The Morgan fingerprint density at radius 1 is 1.18 bits per heavy atom. The lowest BCUT2D eigenvalue weighted by Crippen LogP contribution is -2.37. The van der Waals surface area contributed by atoms with Gasteiger partial charge in [0.1, 0.15) is 11.6 Å². The van der Waals surface area contributed by atoms with Gasteiger partial charge in [-0.2, -0.15) is 5.10 Å². The fraction of sp³-hybridized carbons (Fsp3) is 0.300. The number of nitrogens with one attached hydrogen (secondary N) is 1. The van der Waals surface area contributed by atoms with E-state index in [4.69, 9.17) is 4.74 Å². The highest BCUT2D eigenvalue weighted by Crippen LogP contribution is 2.14. The van der Waals surface area contributed by atoms with Crippen LogP contribution in [0.15, 0.2) is 48.8 Å². The number of aryl methyl sites for hydroxylation is 1. The van der Waals surface area contributed by atoms with Crippen molar-refractivity contribution in [2.24, 2.45) is 0 Å². The highest BCUT2D eigenvalue weighted by Gasteiger charge is 2.15. The number of rotatable bonds is 5. The molecule has 0 saturated carbocycles. The molecule has 1 fully saturated rings. The molecule has 8 nitrogen and oxygen atoms in total. The number of carbonyl (C=O) groups excluding carboxylic acids is 1. The molecule has 2 aromatic heterocycles. The number of nitrogens with zero attached hydrogens (tertiary/aromatic N) is 5. The maximum absolute atomic E-state index is 12.6. The molecule has 1 aliphatic heterocycles. The van der Waals surface area contributed by atoms with Gasteiger partial charge in [-0.1, -0.05) is 6.07 Å². The lowest BCUT2D eigenvalue weighted by Gasteiger charge is -2.28. The molecule has 8 heteroatoms. The summed E-state index contributed by atoms with van der Waals surface area (Å²) in [6, 6.07) is 11.1. The van der Waals surface area contributed by atoms with Crippen molar-refractivity contribution in [3.05, 3.63) is 65.9 Å². The van der Waals surface area contributed by atoms with E-state index in [1.54, 1.807) is 23.0 Å². The Labute approximate surface area is 163 Å². The molecule has 144 valence electrons. The average molecular weight is 378 g/mol. The summed E-state index contributed by atoms with van der Waals surface area (Å²) in [7, 11) is 0. The third-order valence-electron chi connectivity index (χ3n) is 4.51. The number of amides is 1. The van der Waals surface area contributed by atoms with Crippen molar-refractivity contribution >= 4 is 11.7 Å². The van der Waals surface area contributed by atoms with E-state index in [1.165, 1.54) is 0 Å². The smallest absolute Gasteiger partial charge is 0.251 e. The molecule has 0 aliphatic carbocycles. The Balaban J connectivity index is 1.45. The molecule has 1 saturated heterocycles. The molecule has 28 heavy (non-hydrogen) atoms. The van der Waals surface area contributed by atoms with E-state index in [9.17, 15) is 4.79 Å². The zero-order chi connectivity index (χ0) is 19.3. The molecule has 0 bridgehead atoms. The van der Waals surface area contributed by atoms with Crippen molar-refractivity contribution < 1.29 is 9.53 Å². The molecule has 4 rings (SSSR count). The summed E-state index contributed by atoms with van der Waals surface area (Å²) in [4.78, 5) is 23.8. The van der Waals surface area contributed by atoms with Gasteiger partial charge in [-0.25, -0.2) is 14.6 Å². The minimum Gasteiger partial charge on any atom is -0.378 e. The molecular formula is C20H22N6O2. The number of anilines is 1. The summed E-state index contributed by atoms with van der Waals surface area (Å²) in [5.74, 6) is 1.30. The van der Waals surface area contributed by atoms with Crippen LogP contribution in [0.1, 0.15) is 21.9 Å². The predicted molar refractivity (Wildman–Crippen MR) is 105 cm³/mol. The molecule has 0 radical (unpaired) electrons. The average Bonchev–Trinajstić information content (AvgIpc) is 3.27. The predicted octanol–water partition coefficient (Wildman–Crippen LogP) is 1.74. The molecule has 0 unspecified atom stereocenters. The second-order valence-corrected chi connectivity index (χ2v) is 6.57. The number of aromatic nitrogens is 4. The number of hydrogen-bond acceptors (Lipinski definition) is 6. The standard InChI is InChI=1S/C20H22N6O2/c1-15-12-19(25-8-10-28-11-9-25)24-18(23-15)14-21-20(27)16-4-2-5-17(13-16)26-7-3-6-22-26/h2-7,12-13H,8-11,14H2,1H3,(H,21,27). The van der Waals surface area contributed by atoms with Gasteiger partial charge < -0.3 is 15.0 Å². The first-order chi connectivity index (χ1) is 13.7. The molecular weight excluding hydrogens is 356 g/mol. The third-order valence-corrected chi connectivity index (χ3v) is 4.51. The Morgan fingerprint density at radius 2 is 2.04 bits per heavy atom. The number of benzene rings is 1. The number of morpholine rings is 1. The third kappa shape index (κ3) is 4.17. The van der Waals surface area contributed by atoms with E-state index in [-0.39, 0.29) is 12.5 Å². The van der Waals surface area contributed by atoms with Gasteiger partial charge in [0.05, 0.1) is 25.4 Å². The quantitative estimate of drug-likeness (QED) is 0.728. The van der Waals surface area contributed by atoms with Gasteiger partial charge in [0.25, 0.3) is 5.91 Å². The van der Waals surface area contributed by atoms with Crippen LogP contribution in [0.5, 0.6) is 0 Å². The van der Waals surface area contributed by atoms with Crippen LogP contribution in [-0.2, 0) is 11.3 Å². The van der Waals surface area contributed by atoms with Gasteiger partial charge in [0.15, 0.2) is 0 Å². The van der Waals surface area contributed by atoms with Gasteiger partial charge in [-0.3, -0.25) is 4.79 Å². The minimum atomic E-state index is -0.174. The fourth-order valence-electron chi connectivity index (χ4n) is 3.12. The van der Waals surface area contributed by atoms with Crippen LogP contribution >= 0.6 is 0 Å². The van der Waals surface area contributed by atoms with Crippen LogP contribution in [-0.4, -0.2) is 52.0 Å². The van der Waals surface area contributed by atoms with Gasteiger partial charge in [-0.05, 0) is 31.2 Å². The zero-order valence-electron chi connectivity index (χ0n) is 15.7. The molecule has 1 amide bonds. The molecule has 1 aliphatic rings. The summed E-state index contributed by atoms with van der Waals surface area (Å²) in [5, 5.41) is 7.10. The maximum Gasteiger partial charge on any atom is 0.251 e. The monoisotopic (exact) mass is 378 g/mol. The first-order valence-electron chi connectivity index (χ1n) is 9.24. The van der Waals surface area contributed by atoms with E-state index in [2.05, 4.69) is 25.3 Å². The summed E-state index contributed by atoms with van der Waals surface area (Å²) < 4.78 is 7.12. The van der Waals surface area contributed by atoms with Crippen molar-refractivity contribution in [2.45, 2.75) is 13.5 Å². The van der Waals surface area contributed by atoms with Crippen LogP contribution in [0.3, 0.4) is 0 Å². The highest BCUT2D eigenvalue weighted by atomic mass is 16.5. The second kappa shape index (κ2) is 8.18. The number of carbonyl (C=O) groups is 1. The van der Waals surface area contributed by atoms with Crippen LogP contribution in [0.2, 0.25) is 0 Å². The van der Waals surface area contributed by atoms with Crippen molar-refractivity contribution in [1.82, 2.24) is 25.1 Å². The van der Waals surface area contributed by atoms with Gasteiger partial charge in [0, 0.05) is 42.8 Å². The first-order valence-corrected chi connectivity index (χ1v) is 9.24. The summed E-state index contributed by atoms with van der Waals surface area (Å²) >= 11 is 0. The molecule has 0 spiro atoms. The van der Waals surface area contributed by atoms with E-state index >= 15 is 0 Å². The summed E-state index contributed by atoms with van der Waals surface area (Å²) in [5.41, 5.74) is 2.27. The lowest BCUT2D eigenvalue weighted by molar-refractivity contribution is 0.0950. The molecule has 1 aromatic carbocycles. The second-order valence-electron chi connectivity index (χ2n) is 6.57. The highest BCUT2D eigenvalue weighted by molar-refractivity contribution is 5.94. The van der Waals surface area contributed by atoms with E-state index in [1.807, 2.05) is 37.4 Å². The van der Waals surface area contributed by atoms with Crippen molar-refractivity contribution in [1.29, 1.82) is 0 Å². The van der Waals surface area contributed by atoms with Crippen molar-refractivity contribution in [3.63, 3.8) is 0 Å². The van der Waals surface area contributed by atoms with Crippen LogP contribution in [0, 0.1) is 6.92 Å². The van der Waals surface area contributed by atoms with Crippen LogP contribution in [0.25, 0.3) is 5.69 Å². The lowest BCUT2D eigenvalue weighted by atomic mass is 10.2. The Hall–Kier alpha value is -3.26. The minimum absolute atomic E-state index is 0.174. The zero-order valence-corrected chi connectivity index (χ0v) is 15.7. The number of hydrogen-bond donors (Lipinski definition) is 1. The first kappa shape index (κ1) is 18.1.